The van der Waals surface area contributed by atoms with Crippen molar-refractivity contribution in [2.24, 2.45) is 5.41 Å². The van der Waals surface area contributed by atoms with Gasteiger partial charge >= 0.3 is 0 Å². The van der Waals surface area contributed by atoms with Crippen LogP contribution in [0.1, 0.15) is 65.2 Å². The van der Waals surface area contributed by atoms with E-state index >= 15 is 0 Å². The van der Waals surface area contributed by atoms with Gasteiger partial charge in [0.25, 0.3) is 0 Å². The molecule has 0 aromatic heterocycles. The fraction of sp³-hybridized carbons (Fsp3) is 0.786. The third-order valence-corrected chi connectivity index (χ3v) is 3.69. The van der Waals surface area contributed by atoms with Gasteiger partial charge in [-0.25, -0.2) is 0 Å². The first-order chi connectivity index (χ1) is 7.20. The van der Waals surface area contributed by atoms with E-state index in [4.69, 9.17) is 0 Å². The Balaban J connectivity index is 2.59. The predicted octanol–water partition coefficient (Wildman–Crippen LogP) is 4.27. The Labute approximate surface area is 93.9 Å². The van der Waals surface area contributed by atoms with Crippen molar-refractivity contribution in [3.8, 4) is 0 Å². The Morgan fingerprint density at radius 1 is 1.27 bits per heavy atom. The summed E-state index contributed by atoms with van der Waals surface area (Å²) in [6.45, 7) is 4.52. The van der Waals surface area contributed by atoms with Crippen LogP contribution in [0.4, 0.5) is 0 Å². The summed E-state index contributed by atoms with van der Waals surface area (Å²) in [6, 6.07) is 0. The van der Waals surface area contributed by atoms with Crippen molar-refractivity contribution < 1.29 is 4.79 Å². The van der Waals surface area contributed by atoms with Gasteiger partial charge in [0.2, 0.25) is 0 Å². The highest BCUT2D eigenvalue weighted by Crippen LogP contribution is 2.34. The molecule has 1 aliphatic carbocycles. The molecule has 0 heterocycles. The molecule has 1 aliphatic rings. The van der Waals surface area contributed by atoms with Crippen LogP contribution in [0.3, 0.4) is 0 Å². The maximum atomic E-state index is 10.4. The zero-order valence-corrected chi connectivity index (χ0v) is 10.2. The average Bonchev–Trinajstić information content (AvgIpc) is 2.28. The van der Waals surface area contributed by atoms with Crippen LogP contribution in [0.2, 0.25) is 0 Å². The topological polar surface area (TPSA) is 17.1 Å². The molecule has 0 aliphatic heterocycles. The highest BCUT2D eigenvalue weighted by molar-refractivity contribution is 5.49. The van der Waals surface area contributed by atoms with Crippen molar-refractivity contribution in [1.29, 1.82) is 0 Å². The van der Waals surface area contributed by atoms with Crippen molar-refractivity contribution in [3.63, 3.8) is 0 Å². The maximum Gasteiger partial charge on any atom is 0.120 e. The van der Waals surface area contributed by atoms with Crippen molar-refractivity contribution in [2.45, 2.75) is 65.2 Å². The molecule has 1 saturated carbocycles. The number of aldehydes is 1. The van der Waals surface area contributed by atoms with E-state index < -0.39 is 0 Å². The minimum Gasteiger partial charge on any atom is -0.303 e. The smallest absolute Gasteiger partial charge is 0.120 e. The lowest BCUT2D eigenvalue weighted by atomic mass is 9.79. The minimum atomic E-state index is 0.258. The predicted molar refractivity (Wildman–Crippen MR) is 64.9 cm³/mol. The molecule has 0 bridgehead atoms. The molecule has 0 unspecified atom stereocenters. The second-order valence-corrected chi connectivity index (χ2v) is 5.08. The van der Waals surface area contributed by atoms with Crippen molar-refractivity contribution in [1.82, 2.24) is 0 Å². The van der Waals surface area contributed by atoms with E-state index in [1.54, 1.807) is 5.57 Å². The molecular weight excluding hydrogens is 184 g/mol. The van der Waals surface area contributed by atoms with Gasteiger partial charge in [-0.05, 0) is 43.9 Å². The molecule has 0 spiro atoms. The van der Waals surface area contributed by atoms with Crippen molar-refractivity contribution in [3.05, 3.63) is 11.6 Å². The lowest BCUT2D eigenvalue weighted by molar-refractivity contribution is -0.108. The number of allylic oxidation sites excluding steroid dienone is 2. The van der Waals surface area contributed by atoms with Gasteiger partial charge in [-0.1, -0.05) is 31.9 Å². The number of hydrogen-bond acceptors (Lipinski definition) is 1. The third kappa shape index (κ3) is 4.19. The van der Waals surface area contributed by atoms with Crippen LogP contribution in [0.15, 0.2) is 11.6 Å². The third-order valence-electron chi connectivity index (χ3n) is 3.69. The largest absolute Gasteiger partial charge is 0.303 e. The van der Waals surface area contributed by atoms with Gasteiger partial charge in [0.15, 0.2) is 0 Å². The second-order valence-electron chi connectivity index (χ2n) is 5.08. The van der Waals surface area contributed by atoms with Crippen molar-refractivity contribution in [2.75, 3.05) is 0 Å². The van der Waals surface area contributed by atoms with Gasteiger partial charge in [0, 0.05) is 6.42 Å². The Hall–Kier alpha value is -0.590. The van der Waals surface area contributed by atoms with Crippen LogP contribution in [0, 0.1) is 5.41 Å². The number of rotatable bonds is 5. The quantitative estimate of drug-likeness (QED) is 0.487. The van der Waals surface area contributed by atoms with E-state index in [2.05, 4.69) is 19.9 Å². The normalized spacial score (nSPS) is 20.8. The molecule has 0 aromatic carbocycles. The summed E-state index contributed by atoms with van der Waals surface area (Å²) in [5.41, 5.74) is 1.89. The Bertz CT molecular complexity index is 221. The molecule has 1 rings (SSSR count). The number of hydrogen-bond donors (Lipinski definition) is 0. The molecule has 1 heteroatoms. The SMILES string of the molecule is CC[C@@](C)(C=C1CCCCC1)CCC=O. The number of carbonyl (C=O) groups is 1. The van der Waals surface area contributed by atoms with Gasteiger partial charge in [0.1, 0.15) is 6.29 Å². The first kappa shape index (κ1) is 12.5. The van der Waals surface area contributed by atoms with Gasteiger partial charge in [0.05, 0.1) is 0 Å². The Morgan fingerprint density at radius 2 is 1.93 bits per heavy atom. The molecule has 15 heavy (non-hydrogen) atoms. The summed E-state index contributed by atoms with van der Waals surface area (Å²) in [5.74, 6) is 0. The summed E-state index contributed by atoms with van der Waals surface area (Å²) in [6.07, 6.45) is 13.1. The highest BCUT2D eigenvalue weighted by atomic mass is 16.1. The first-order valence-electron chi connectivity index (χ1n) is 6.34. The van der Waals surface area contributed by atoms with Gasteiger partial charge in [-0.15, -0.1) is 0 Å². The highest BCUT2D eigenvalue weighted by Gasteiger charge is 2.20. The van der Waals surface area contributed by atoms with E-state index in [-0.39, 0.29) is 5.41 Å². The van der Waals surface area contributed by atoms with Crippen LogP contribution < -0.4 is 0 Å². The lowest BCUT2D eigenvalue weighted by Crippen LogP contribution is -2.13. The van der Waals surface area contributed by atoms with Gasteiger partial charge in [-0.3, -0.25) is 0 Å². The summed E-state index contributed by atoms with van der Waals surface area (Å²) in [7, 11) is 0. The Morgan fingerprint density at radius 3 is 2.47 bits per heavy atom. The fourth-order valence-electron chi connectivity index (χ4n) is 2.38. The molecule has 1 fully saturated rings. The summed E-state index contributed by atoms with van der Waals surface area (Å²) in [4.78, 5) is 10.4. The zero-order chi connectivity index (χ0) is 11.1. The standard InChI is InChI=1S/C14H24O/c1-3-14(2,10-7-11-15)12-13-8-5-4-6-9-13/h11-12H,3-10H2,1-2H3/t14-/m1/s1. The van der Waals surface area contributed by atoms with E-state index in [9.17, 15) is 4.79 Å². The van der Waals surface area contributed by atoms with Crippen LogP contribution >= 0.6 is 0 Å². The minimum absolute atomic E-state index is 0.258. The molecule has 86 valence electrons. The van der Waals surface area contributed by atoms with Crippen molar-refractivity contribution >= 4 is 6.29 Å². The molecule has 0 saturated heterocycles. The average molecular weight is 208 g/mol. The molecule has 0 aromatic rings. The van der Waals surface area contributed by atoms with E-state index in [0.29, 0.717) is 6.42 Å². The monoisotopic (exact) mass is 208 g/mol. The van der Waals surface area contributed by atoms with Gasteiger partial charge < -0.3 is 4.79 Å². The summed E-state index contributed by atoms with van der Waals surface area (Å²) >= 11 is 0. The molecule has 1 atom stereocenters. The molecular formula is C14H24O. The van der Waals surface area contributed by atoms with Crippen LogP contribution in [0.25, 0.3) is 0 Å². The molecule has 0 radical (unpaired) electrons. The van der Waals surface area contributed by atoms with Gasteiger partial charge in [-0.2, -0.15) is 0 Å². The van der Waals surface area contributed by atoms with Crippen LogP contribution in [0.5, 0.6) is 0 Å². The Kier molecular flexibility index (Phi) is 5.07. The van der Waals surface area contributed by atoms with E-state index in [1.807, 2.05) is 0 Å². The van der Waals surface area contributed by atoms with Crippen LogP contribution in [-0.2, 0) is 4.79 Å². The molecule has 0 N–H and O–H groups in total. The molecule has 0 amide bonds. The second kappa shape index (κ2) is 6.09. The fourth-order valence-corrected chi connectivity index (χ4v) is 2.38. The molecule has 1 nitrogen and oxygen atoms in total. The number of carbonyl (C=O) groups excluding carboxylic acids is 1. The van der Waals surface area contributed by atoms with E-state index in [1.165, 1.54) is 32.1 Å². The summed E-state index contributed by atoms with van der Waals surface area (Å²) < 4.78 is 0. The maximum absolute atomic E-state index is 10.4. The first-order valence-corrected chi connectivity index (χ1v) is 6.34. The lowest BCUT2D eigenvalue weighted by Gasteiger charge is -2.26. The zero-order valence-electron chi connectivity index (χ0n) is 10.2. The summed E-state index contributed by atoms with van der Waals surface area (Å²) in [5, 5.41) is 0. The van der Waals surface area contributed by atoms with E-state index in [0.717, 1.165) is 19.1 Å². The van der Waals surface area contributed by atoms with Crippen LogP contribution in [-0.4, -0.2) is 6.29 Å².